The Morgan fingerprint density at radius 1 is 0.933 bits per heavy atom. The molecule has 0 aromatic heterocycles. The molecule has 1 N–H and O–H groups in total. The zero-order valence-corrected chi connectivity index (χ0v) is 19.4. The molecule has 1 heterocycles. The maximum absolute atomic E-state index is 9.09. The molecule has 5 heteroatoms. The van der Waals surface area contributed by atoms with Crippen LogP contribution in [0.3, 0.4) is 0 Å². The molecule has 0 saturated carbocycles. The summed E-state index contributed by atoms with van der Waals surface area (Å²) in [6.07, 6.45) is 17.4. The summed E-state index contributed by atoms with van der Waals surface area (Å²) in [6.45, 7) is 5.36. The number of aliphatic hydroxyl groups is 1. The van der Waals surface area contributed by atoms with E-state index in [0.717, 1.165) is 36.8 Å². The largest absolute Gasteiger partial charge is 1.00 e. The molecular weight excluding hydrogens is 398 g/mol. The van der Waals surface area contributed by atoms with Crippen molar-refractivity contribution in [3.8, 4) is 5.75 Å². The monoisotopic (exact) mass is 437 g/mol. The number of rotatable bonds is 16. The van der Waals surface area contributed by atoms with Gasteiger partial charge in [-0.15, -0.1) is 0 Å². The highest BCUT2D eigenvalue weighted by Gasteiger charge is 2.20. The van der Waals surface area contributed by atoms with Crippen molar-refractivity contribution in [3.63, 3.8) is 0 Å². The van der Waals surface area contributed by atoms with Crippen LogP contribution < -0.4 is 17.1 Å². The first kappa shape index (κ1) is 26.5. The molecule has 0 saturated heterocycles. The molecule has 1 aliphatic heterocycles. The van der Waals surface area contributed by atoms with Crippen molar-refractivity contribution in [1.82, 2.24) is 0 Å². The highest BCUT2D eigenvalue weighted by Crippen LogP contribution is 2.15. The summed E-state index contributed by atoms with van der Waals surface area (Å²) >= 11 is 0. The highest BCUT2D eigenvalue weighted by molar-refractivity contribution is 5.88. The van der Waals surface area contributed by atoms with Gasteiger partial charge in [0.1, 0.15) is 12.4 Å². The molecule has 170 valence electrons. The SMILES string of the molecule is CCCCCCCCCCCCOc1ccc(/C=C/C2=[N+](CCO)CCO2)cc1.[Cl-]. The fraction of sp³-hybridized carbons (Fsp3) is 0.640. The third-order valence-corrected chi connectivity index (χ3v) is 5.36. The van der Waals surface area contributed by atoms with Crippen molar-refractivity contribution in [3.05, 3.63) is 35.9 Å². The van der Waals surface area contributed by atoms with Gasteiger partial charge in [-0.3, -0.25) is 0 Å². The molecule has 1 aromatic carbocycles. The van der Waals surface area contributed by atoms with E-state index in [1.165, 1.54) is 57.8 Å². The van der Waals surface area contributed by atoms with E-state index in [-0.39, 0.29) is 19.0 Å². The lowest BCUT2D eigenvalue weighted by atomic mass is 10.1. The van der Waals surface area contributed by atoms with Crippen LogP contribution in [-0.2, 0) is 4.74 Å². The molecule has 2 rings (SSSR count). The van der Waals surface area contributed by atoms with E-state index in [1.54, 1.807) is 0 Å². The van der Waals surface area contributed by atoms with Crippen LogP contribution in [0.2, 0.25) is 0 Å². The molecule has 0 atom stereocenters. The van der Waals surface area contributed by atoms with Crippen molar-refractivity contribution < 1.29 is 31.6 Å². The number of nitrogens with zero attached hydrogens (tertiary/aromatic N) is 1. The van der Waals surface area contributed by atoms with Crippen LogP contribution in [0.1, 0.15) is 76.7 Å². The number of unbranched alkanes of at least 4 members (excludes halogenated alkanes) is 9. The number of benzene rings is 1. The Kier molecular flexibility index (Phi) is 15.2. The summed E-state index contributed by atoms with van der Waals surface area (Å²) in [5, 5.41) is 9.09. The third-order valence-electron chi connectivity index (χ3n) is 5.36. The Morgan fingerprint density at radius 2 is 1.57 bits per heavy atom. The van der Waals surface area contributed by atoms with Gasteiger partial charge in [-0.1, -0.05) is 76.8 Å². The first-order valence-corrected chi connectivity index (χ1v) is 11.6. The second kappa shape index (κ2) is 17.2. The molecule has 4 nitrogen and oxygen atoms in total. The van der Waals surface area contributed by atoms with Gasteiger partial charge >= 0.3 is 5.90 Å². The van der Waals surface area contributed by atoms with Crippen molar-refractivity contribution in [2.45, 2.75) is 71.1 Å². The van der Waals surface area contributed by atoms with E-state index in [2.05, 4.69) is 23.6 Å². The lowest BCUT2D eigenvalue weighted by Gasteiger charge is -2.06. The molecule has 0 spiro atoms. The lowest BCUT2D eigenvalue weighted by Crippen LogP contribution is -3.00. The smallest absolute Gasteiger partial charge is 0.362 e. The Morgan fingerprint density at radius 3 is 2.20 bits per heavy atom. The molecule has 0 aliphatic carbocycles. The van der Waals surface area contributed by atoms with E-state index >= 15 is 0 Å². The normalized spacial score (nSPS) is 13.5. The average molecular weight is 438 g/mol. The van der Waals surface area contributed by atoms with E-state index in [9.17, 15) is 0 Å². The molecule has 0 amide bonds. The second-order valence-electron chi connectivity index (χ2n) is 7.83. The first-order valence-electron chi connectivity index (χ1n) is 11.6. The third kappa shape index (κ3) is 11.0. The summed E-state index contributed by atoms with van der Waals surface area (Å²) in [5.41, 5.74) is 1.11. The van der Waals surface area contributed by atoms with Gasteiger partial charge < -0.3 is 27.0 Å². The minimum Gasteiger partial charge on any atom is -1.00 e. The van der Waals surface area contributed by atoms with Crippen LogP contribution in [0, 0.1) is 0 Å². The Bertz CT molecular complexity index is 613. The minimum atomic E-state index is 0. The van der Waals surface area contributed by atoms with E-state index in [1.807, 2.05) is 24.3 Å². The molecule has 0 fully saturated rings. The van der Waals surface area contributed by atoms with Crippen LogP contribution >= 0.6 is 0 Å². The highest BCUT2D eigenvalue weighted by atomic mass is 35.5. The standard InChI is InChI=1S/C25H40NO3.ClH/c1-2-3-4-5-6-7-8-9-10-11-21-28-24-15-12-23(13-16-24)14-17-25-26(18-20-27)19-22-29-25;/h12-17,27H,2-11,18-22H2,1H3;1H/q+1;/p-1/b17-14+;. The van der Waals surface area contributed by atoms with Crippen LogP contribution in [-0.4, -0.2) is 48.5 Å². The Balaban J connectivity index is 0.00000450. The molecule has 1 aliphatic rings. The number of aliphatic hydroxyl groups excluding tert-OH is 1. The average Bonchev–Trinajstić information content (AvgIpc) is 3.19. The van der Waals surface area contributed by atoms with Crippen molar-refractivity contribution in [2.75, 3.05) is 32.9 Å². The van der Waals surface area contributed by atoms with Crippen LogP contribution in [0.5, 0.6) is 5.75 Å². The summed E-state index contributed by atoms with van der Waals surface area (Å²) < 4.78 is 13.5. The van der Waals surface area contributed by atoms with Crippen molar-refractivity contribution in [1.29, 1.82) is 0 Å². The number of halogens is 1. The predicted octanol–water partition coefficient (Wildman–Crippen LogP) is 2.44. The van der Waals surface area contributed by atoms with Gasteiger partial charge in [0.15, 0.2) is 19.7 Å². The predicted molar refractivity (Wildman–Crippen MR) is 121 cm³/mol. The molecule has 1 aromatic rings. The molecule has 0 radical (unpaired) electrons. The van der Waals surface area contributed by atoms with Crippen LogP contribution in [0.15, 0.2) is 30.3 Å². The van der Waals surface area contributed by atoms with E-state index in [4.69, 9.17) is 14.6 Å². The van der Waals surface area contributed by atoms with Gasteiger partial charge in [0, 0.05) is 0 Å². The lowest BCUT2D eigenvalue weighted by molar-refractivity contribution is -0.519. The van der Waals surface area contributed by atoms with Gasteiger partial charge in [0.05, 0.1) is 12.7 Å². The molecule has 30 heavy (non-hydrogen) atoms. The zero-order valence-electron chi connectivity index (χ0n) is 18.7. The molecular formula is C25H40ClNO3. The van der Waals surface area contributed by atoms with Crippen LogP contribution in [0.4, 0.5) is 0 Å². The first-order chi connectivity index (χ1) is 14.3. The summed E-state index contributed by atoms with van der Waals surface area (Å²) in [6, 6.07) is 8.19. The summed E-state index contributed by atoms with van der Waals surface area (Å²) in [7, 11) is 0. The van der Waals surface area contributed by atoms with Gasteiger partial charge in [0.25, 0.3) is 0 Å². The zero-order chi connectivity index (χ0) is 20.6. The number of hydrogen-bond acceptors (Lipinski definition) is 3. The van der Waals surface area contributed by atoms with Gasteiger partial charge in [-0.2, -0.15) is 4.58 Å². The van der Waals surface area contributed by atoms with Crippen LogP contribution in [0.25, 0.3) is 6.08 Å². The second-order valence-corrected chi connectivity index (χ2v) is 7.83. The topological polar surface area (TPSA) is 41.7 Å². The number of ether oxygens (including phenoxy) is 2. The summed E-state index contributed by atoms with van der Waals surface area (Å²) in [4.78, 5) is 0. The van der Waals surface area contributed by atoms with Crippen molar-refractivity contribution in [2.24, 2.45) is 0 Å². The Labute approximate surface area is 189 Å². The maximum Gasteiger partial charge on any atom is 0.362 e. The van der Waals surface area contributed by atoms with Gasteiger partial charge in [0.2, 0.25) is 0 Å². The van der Waals surface area contributed by atoms with E-state index in [0.29, 0.717) is 13.2 Å². The molecule has 0 unspecified atom stereocenters. The minimum absolute atomic E-state index is 0. The van der Waals surface area contributed by atoms with Crippen molar-refractivity contribution >= 4 is 12.0 Å². The number of hydrogen-bond donors (Lipinski definition) is 1. The quantitative estimate of drug-likeness (QED) is 0.319. The fourth-order valence-corrected chi connectivity index (χ4v) is 3.58. The van der Waals surface area contributed by atoms with Gasteiger partial charge in [-0.25, -0.2) is 0 Å². The number of β-amino-alcohol motifs (C(OH)–C–C–N with tert-alkyl or cyclic N) is 1. The Hall–Kier alpha value is -1.52. The maximum atomic E-state index is 9.09. The van der Waals surface area contributed by atoms with E-state index < -0.39 is 0 Å². The van der Waals surface area contributed by atoms with Gasteiger partial charge in [-0.05, 0) is 30.2 Å². The fourth-order valence-electron chi connectivity index (χ4n) is 3.58. The molecule has 0 bridgehead atoms. The summed E-state index contributed by atoms with van der Waals surface area (Å²) in [5.74, 6) is 1.77.